The second-order valence-corrected chi connectivity index (χ2v) is 3.12. The minimum Gasteiger partial charge on any atom is 0 e. The molecule has 0 heterocycles. The summed E-state index contributed by atoms with van der Waals surface area (Å²) in [5, 5.41) is 0. The van der Waals surface area contributed by atoms with Crippen LogP contribution in [-0.4, -0.2) is 19.0 Å². The van der Waals surface area contributed by atoms with Crippen LogP contribution in [0.1, 0.15) is 12.5 Å². The van der Waals surface area contributed by atoms with Crippen molar-refractivity contribution in [1.29, 1.82) is 0 Å². The molecule has 0 unspecified atom stereocenters. The third-order valence-electron chi connectivity index (χ3n) is 1.67. The molecule has 1 aromatic rings. The third kappa shape index (κ3) is 34.1. The largest absolute Gasteiger partial charge is 0 e. The molecule has 1 radical (unpaired) electrons. The summed E-state index contributed by atoms with van der Waals surface area (Å²) in [4.78, 5) is 10.5. The van der Waals surface area contributed by atoms with Crippen LogP contribution in [0, 0.1) is 44.5 Å². The van der Waals surface area contributed by atoms with Crippen molar-refractivity contribution in [1.82, 2.24) is 0 Å². The predicted octanol–water partition coefficient (Wildman–Crippen LogP) is 1.85. The Morgan fingerprint density at radius 2 is 1.56 bits per heavy atom. The van der Waals surface area contributed by atoms with Gasteiger partial charge in [-0.05, 0) is 24.5 Å². The van der Waals surface area contributed by atoms with Gasteiger partial charge in [-0.1, -0.05) is 37.0 Å². The number of carbonyl (C=O) groups is 1. The first-order valence-electron chi connectivity index (χ1n) is 5.79. The molecule has 0 aliphatic carbocycles. The predicted molar refractivity (Wildman–Crippen MR) is 78.4 cm³/mol. The standard InChI is InChI=1S/C14H13O2.4CO.Mn/c1-13(15)7-5-11-16-12-6-10-14-8-3-2-4-9-14;4*1-2;/h2-4,7-9H,11-12H2,1H3;;;;;/q-1;;;;;. The molecule has 1 aromatic carbocycles. The zero-order chi connectivity index (χ0) is 19.6. The topological polar surface area (TPSA) is 106 Å². The Morgan fingerprint density at radius 1 is 1.08 bits per heavy atom. The fourth-order valence-corrected chi connectivity index (χ4v) is 1.01. The van der Waals surface area contributed by atoms with E-state index in [0.29, 0.717) is 13.2 Å². The summed E-state index contributed by atoms with van der Waals surface area (Å²) in [5.41, 5.74) is 0.967. The van der Waals surface area contributed by atoms with E-state index in [0.717, 1.165) is 5.56 Å². The van der Waals surface area contributed by atoms with Crippen LogP contribution in [0.15, 0.2) is 36.4 Å². The smallest absolute Gasteiger partial charge is 0 e. The van der Waals surface area contributed by atoms with Crippen LogP contribution in [-0.2, 0) is 45.2 Å². The first kappa shape index (κ1) is 34.1. The average Bonchev–Trinajstić information content (AvgIpc) is 2.68. The van der Waals surface area contributed by atoms with Crippen molar-refractivity contribution < 1.29 is 45.2 Å². The summed E-state index contributed by atoms with van der Waals surface area (Å²) in [6.45, 7) is 20.1. The zero-order valence-corrected chi connectivity index (χ0v) is 14.4. The molecule has 1 rings (SSSR count). The number of hydrogen-bond donors (Lipinski definition) is 0. The van der Waals surface area contributed by atoms with Crippen molar-refractivity contribution in [3.63, 3.8) is 0 Å². The minimum atomic E-state index is -0.0287. The molecule has 0 atom stereocenters. The Labute approximate surface area is 158 Å². The summed E-state index contributed by atoms with van der Waals surface area (Å²) >= 11 is 0. The van der Waals surface area contributed by atoms with Crippen molar-refractivity contribution >= 4 is 5.78 Å². The molecule has 0 fully saturated rings. The number of carbonyl (C=O) groups excluding carboxylic acids is 1. The summed E-state index contributed by atoms with van der Waals surface area (Å²) in [6.07, 6.45) is 4.08. The number of allylic oxidation sites excluding steroid dienone is 1. The van der Waals surface area contributed by atoms with Crippen LogP contribution >= 0.6 is 0 Å². The van der Waals surface area contributed by atoms with Crippen LogP contribution in [0.25, 0.3) is 0 Å². The van der Waals surface area contributed by atoms with Gasteiger partial charge in [0.05, 0.1) is 0 Å². The first-order valence-corrected chi connectivity index (χ1v) is 5.79. The molecule has 0 spiro atoms. The Kier molecular flexibility index (Phi) is 51.3. The van der Waals surface area contributed by atoms with E-state index in [-0.39, 0.29) is 22.9 Å². The number of ketones is 1. The van der Waals surface area contributed by atoms with Crippen molar-refractivity contribution in [3.05, 3.63) is 74.6 Å². The maximum absolute atomic E-state index is 10.5. The van der Waals surface area contributed by atoms with Crippen LogP contribution in [0.3, 0.4) is 0 Å². The maximum Gasteiger partial charge on any atom is 0 e. The monoisotopic (exact) mass is 380 g/mol. The molecule has 0 aliphatic heterocycles. The van der Waals surface area contributed by atoms with Gasteiger partial charge in [-0.3, -0.25) is 0 Å². The molecular weight excluding hydrogens is 367 g/mol. The summed E-state index contributed by atoms with van der Waals surface area (Å²) in [6, 6.07) is 9.70. The van der Waals surface area contributed by atoms with Gasteiger partial charge < -0.3 is 9.53 Å². The third-order valence-corrected chi connectivity index (χ3v) is 1.67. The molecule has 7 heteroatoms. The van der Waals surface area contributed by atoms with Gasteiger partial charge in [0.15, 0.2) is 0 Å². The van der Waals surface area contributed by atoms with E-state index in [2.05, 4.69) is 44.5 Å². The number of benzene rings is 1. The zero-order valence-electron chi connectivity index (χ0n) is 13.2. The average molecular weight is 380 g/mol. The van der Waals surface area contributed by atoms with Gasteiger partial charge in [0.25, 0.3) is 0 Å². The van der Waals surface area contributed by atoms with E-state index < -0.39 is 0 Å². The van der Waals surface area contributed by atoms with Gasteiger partial charge in [0, 0.05) is 22.6 Å². The molecule has 6 nitrogen and oxygen atoms in total. The van der Waals surface area contributed by atoms with Crippen LogP contribution in [0.4, 0.5) is 0 Å². The van der Waals surface area contributed by atoms with Crippen molar-refractivity contribution in [2.75, 3.05) is 13.2 Å². The van der Waals surface area contributed by atoms with Crippen LogP contribution in [0.2, 0.25) is 0 Å². The molecule has 25 heavy (non-hydrogen) atoms. The molecule has 0 bridgehead atoms. The number of hydrogen-bond acceptors (Lipinski definition) is 2. The van der Waals surface area contributed by atoms with E-state index in [4.69, 9.17) is 23.3 Å². The molecule has 0 aromatic heterocycles. The maximum atomic E-state index is 10.5. The molecule has 0 saturated carbocycles. The molecule has 0 aliphatic rings. The van der Waals surface area contributed by atoms with E-state index in [1.54, 1.807) is 0 Å². The summed E-state index contributed by atoms with van der Waals surface area (Å²) in [5.74, 6) is 5.81. The SMILES string of the molecule is CC(=O)C=[C-]COCC#Cc1ccccc1.[C-]#[O+].[C-]#[O+].[C-]#[O+].[C-]#[O+].[Mn]. The fourth-order valence-electron chi connectivity index (χ4n) is 1.01. The van der Waals surface area contributed by atoms with Crippen LogP contribution < -0.4 is 0 Å². The molecule has 0 saturated heterocycles. The number of rotatable bonds is 4. The summed E-state index contributed by atoms with van der Waals surface area (Å²) in [7, 11) is 0. The fraction of sp³-hybridized carbons (Fsp3) is 0.167. The Balaban J connectivity index is -0.000000130. The van der Waals surface area contributed by atoms with Crippen molar-refractivity contribution in [2.45, 2.75) is 6.92 Å². The second-order valence-electron chi connectivity index (χ2n) is 3.12. The van der Waals surface area contributed by atoms with E-state index in [1.165, 1.54) is 13.0 Å². The Hall–Kier alpha value is -2.37. The normalized spacial score (nSPS) is 6.60. The Morgan fingerprint density at radius 3 is 2.00 bits per heavy atom. The van der Waals surface area contributed by atoms with Gasteiger partial charge in [0.1, 0.15) is 6.61 Å². The van der Waals surface area contributed by atoms with Gasteiger partial charge in [-0.25, -0.2) is 6.08 Å². The quantitative estimate of drug-likeness (QED) is 0.199. The van der Waals surface area contributed by atoms with Gasteiger partial charge >= 0.3 is 45.2 Å². The minimum absolute atomic E-state index is 0. The first-order chi connectivity index (χ1) is 11.8. The van der Waals surface area contributed by atoms with Crippen LogP contribution in [0.5, 0.6) is 0 Å². The van der Waals surface area contributed by atoms with Gasteiger partial charge in [0.2, 0.25) is 0 Å². The van der Waals surface area contributed by atoms with Gasteiger partial charge in [-0.15, -0.1) is 0 Å². The van der Waals surface area contributed by atoms with Crippen molar-refractivity contribution in [3.8, 4) is 11.8 Å². The van der Waals surface area contributed by atoms with Gasteiger partial charge in [-0.2, -0.15) is 6.08 Å². The van der Waals surface area contributed by atoms with E-state index >= 15 is 0 Å². The molecule has 129 valence electrons. The second kappa shape index (κ2) is 37.7. The Bertz CT molecular complexity index is 550. The molecule has 0 amide bonds. The van der Waals surface area contributed by atoms with Crippen molar-refractivity contribution in [2.24, 2.45) is 0 Å². The molecular formula is C18H13MnO6-. The number of ether oxygens (including phenoxy) is 1. The summed E-state index contributed by atoms with van der Waals surface area (Å²) < 4.78 is 35.1. The van der Waals surface area contributed by atoms with E-state index in [9.17, 15) is 4.79 Å². The molecule has 0 N–H and O–H groups in total. The van der Waals surface area contributed by atoms with E-state index in [1.807, 2.05) is 30.3 Å².